The fraction of sp³-hybridized carbons (Fsp3) is 0.143. The highest BCUT2D eigenvalue weighted by Crippen LogP contribution is 2.32. The maximum Gasteiger partial charge on any atom is 0.135 e. The third-order valence-corrected chi connectivity index (χ3v) is 3.56. The van der Waals surface area contributed by atoms with Crippen molar-refractivity contribution in [1.82, 2.24) is 0 Å². The van der Waals surface area contributed by atoms with Gasteiger partial charge in [0.05, 0.1) is 5.56 Å². The van der Waals surface area contributed by atoms with Gasteiger partial charge in [-0.2, -0.15) is 0 Å². The first kappa shape index (κ1) is 14.0. The first-order valence-corrected chi connectivity index (χ1v) is 6.72. The molecule has 2 rings (SSSR count). The normalized spacial score (nSPS) is 12.5. The van der Waals surface area contributed by atoms with Gasteiger partial charge in [0.2, 0.25) is 0 Å². The summed E-state index contributed by atoms with van der Waals surface area (Å²) in [6, 6.07) is 7.87. The summed E-state index contributed by atoms with van der Waals surface area (Å²) in [6.07, 6.45) is 0.326. The molecular weight excluding hydrogens is 273 g/mol. The van der Waals surface area contributed by atoms with Gasteiger partial charge < -0.3 is 5.11 Å². The Bertz CT molecular complexity index is 578. The quantitative estimate of drug-likeness (QED) is 0.862. The Morgan fingerprint density at radius 1 is 1.05 bits per heavy atom. The number of benzene rings is 2. The van der Waals surface area contributed by atoms with Crippen LogP contribution in [-0.2, 0) is 0 Å². The Morgan fingerprint density at radius 2 is 1.63 bits per heavy atom. The number of aliphatic hydroxyl groups is 1. The molecule has 5 heteroatoms. The van der Waals surface area contributed by atoms with Crippen molar-refractivity contribution in [1.29, 1.82) is 0 Å². The molecule has 0 saturated heterocycles. The SMILES string of the molecule is CSc1ccccc1C(O)c1c(F)cc(F)cc1F. The van der Waals surface area contributed by atoms with E-state index in [4.69, 9.17) is 0 Å². The molecule has 0 aliphatic heterocycles. The summed E-state index contributed by atoms with van der Waals surface area (Å²) in [5.41, 5.74) is -0.151. The number of hydrogen-bond acceptors (Lipinski definition) is 2. The Balaban J connectivity index is 2.53. The summed E-state index contributed by atoms with van der Waals surface area (Å²) in [6.45, 7) is 0. The molecule has 0 spiro atoms. The Kier molecular flexibility index (Phi) is 4.17. The van der Waals surface area contributed by atoms with E-state index in [2.05, 4.69) is 0 Å². The molecule has 0 bridgehead atoms. The fourth-order valence-electron chi connectivity index (χ4n) is 1.86. The average Bonchev–Trinajstić information content (AvgIpc) is 2.37. The highest BCUT2D eigenvalue weighted by Gasteiger charge is 2.22. The lowest BCUT2D eigenvalue weighted by atomic mass is 10.0. The second-order valence-corrected chi connectivity index (χ2v) is 4.78. The van der Waals surface area contributed by atoms with Crippen LogP contribution in [0.5, 0.6) is 0 Å². The van der Waals surface area contributed by atoms with E-state index in [1.165, 1.54) is 11.8 Å². The van der Waals surface area contributed by atoms with Crippen LogP contribution in [0.4, 0.5) is 13.2 Å². The largest absolute Gasteiger partial charge is 0.383 e. The molecule has 1 nitrogen and oxygen atoms in total. The van der Waals surface area contributed by atoms with Crippen LogP contribution >= 0.6 is 11.8 Å². The van der Waals surface area contributed by atoms with E-state index in [0.29, 0.717) is 22.6 Å². The third-order valence-electron chi connectivity index (χ3n) is 2.75. The van der Waals surface area contributed by atoms with E-state index in [1.54, 1.807) is 30.5 Å². The summed E-state index contributed by atoms with van der Waals surface area (Å²) in [7, 11) is 0. The number of thioether (sulfide) groups is 1. The van der Waals surface area contributed by atoms with Crippen molar-refractivity contribution in [2.45, 2.75) is 11.0 Å². The topological polar surface area (TPSA) is 20.2 Å². The predicted molar refractivity (Wildman–Crippen MR) is 68.6 cm³/mol. The van der Waals surface area contributed by atoms with Crippen LogP contribution < -0.4 is 0 Å². The lowest BCUT2D eigenvalue weighted by molar-refractivity contribution is 0.206. The van der Waals surface area contributed by atoms with E-state index < -0.39 is 29.1 Å². The smallest absolute Gasteiger partial charge is 0.135 e. The van der Waals surface area contributed by atoms with Gasteiger partial charge in [0.15, 0.2) is 0 Å². The Hall–Kier alpha value is -1.46. The van der Waals surface area contributed by atoms with Gasteiger partial charge in [0.25, 0.3) is 0 Å². The minimum atomic E-state index is -1.47. The van der Waals surface area contributed by atoms with Gasteiger partial charge in [-0.3, -0.25) is 0 Å². The second kappa shape index (κ2) is 5.67. The molecule has 0 saturated carbocycles. The molecule has 0 fully saturated rings. The minimum Gasteiger partial charge on any atom is -0.383 e. The van der Waals surface area contributed by atoms with Crippen LogP contribution in [0.25, 0.3) is 0 Å². The van der Waals surface area contributed by atoms with Crippen molar-refractivity contribution < 1.29 is 18.3 Å². The van der Waals surface area contributed by atoms with Crippen LogP contribution in [0.2, 0.25) is 0 Å². The van der Waals surface area contributed by atoms with E-state index in [0.717, 1.165) is 0 Å². The number of hydrogen-bond donors (Lipinski definition) is 1. The Labute approximate surface area is 113 Å². The van der Waals surface area contributed by atoms with Gasteiger partial charge in [-0.1, -0.05) is 18.2 Å². The predicted octanol–water partition coefficient (Wildman–Crippen LogP) is 3.91. The molecule has 1 unspecified atom stereocenters. The van der Waals surface area contributed by atoms with Crippen LogP contribution in [0.3, 0.4) is 0 Å². The Morgan fingerprint density at radius 3 is 2.21 bits per heavy atom. The number of aliphatic hydroxyl groups excluding tert-OH is 1. The van der Waals surface area contributed by atoms with E-state index >= 15 is 0 Å². The van der Waals surface area contributed by atoms with Gasteiger partial charge in [-0.15, -0.1) is 11.8 Å². The molecule has 100 valence electrons. The zero-order valence-electron chi connectivity index (χ0n) is 10.0. The standard InChI is InChI=1S/C14H11F3OS/c1-19-12-5-3-2-4-9(12)14(18)13-10(16)6-8(15)7-11(13)17/h2-7,14,18H,1H3. The monoisotopic (exact) mass is 284 g/mol. The van der Waals surface area contributed by atoms with Crippen molar-refractivity contribution >= 4 is 11.8 Å². The van der Waals surface area contributed by atoms with Crippen molar-refractivity contribution in [3.8, 4) is 0 Å². The van der Waals surface area contributed by atoms with Gasteiger partial charge in [0.1, 0.15) is 23.6 Å². The molecule has 0 aliphatic carbocycles. The molecule has 0 aliphatic rings. The van der Waals surface area contributed by atoms with E-state index in [1.807, 2.05) is 0 Å². The van der Waals surface area contributed by atoms with Crippen LogP contribution in [0.1, 0.15) is 17.2 Å². The average molecular weight is 284 g/mol. The lowest BCUT2D eigenvalue weighted by Crippen LogP contribution is -2.07. The zero-order chi connectivity index (χ0) is 14.0. The summed E-state index contributed by atoms with van der Waals surface area (Å²) >= 11 is 1.35. The zero-order valence-corrected chi connectivity index (χ0v) is 10.8. The van der Waals surface area contributed by atoms with Crippen LogP contribution in [0.15, 0.2) is 41.3 Å². The molecule has 0 aromatic heterocycles. The van der Waals surface area contributed by atoms with Gasteiger partial charge in [-0.25, -0.2) is 13.2 Å². The molecule has 1 atom stereocenters. The van der Waals surface area contributed by atoms with E-state index in [9.17, 15) is 18.3 Å². The van der Waals surface area contributed by atoms with Gasteiger partial charge in [-0.05, 0) is 17.9 Å². The maximum absolute atomic E-state index is 13.6. The summed E-state index contributed by atoms with van der Waals surface area (Å²) in [5.74, 6) is -3.20. The fourth-order valence-corrected chi connectivity index (χ4v) is 2.49. The molecule has 2 aromatic carbocycles. The minimum absolute atomic E-state index is 0.388. The highest BCUT2D eigenvalue weighted by molar-refractivity contribution is 7.98. The van der Waals surface area contributed by atoms with Crippen LogP contribution in [-0.4, -0.2) is 11.4 Å². The molecule has 0 heterocycles. The van der Waals surface area contributed by atoms with Crippen LogP contribution in [0, 0.1) is 17.5 Å². The first-order valence-electron chi connectivity index (χ1n) is 5.50. The lowest BCUT2D eigenvalue weighted by Gasteiger charge is -2.16. The van der Waals surface area contributed by atoms with Crippen molar-refractivity contribution in [3.05, 3.63) is 65.0 Å². The molecule has 19 heavy (non-hydrogen) atoms. The summed E-state index contributed by atoms with van der Waals surface area (Å²) in [4.78, 5) is 0.707. The molecular formula is C14H11F3OS. The molecule has 2 aromatic rings. The molecule has 0 radical (unpaired) electrons. The number of halogens is 3. The van der Waals surface area contributed by atoms with E-state index in [-0.39, 0.29) is 0 Å². The van der Waals surface area contributed by atoms with Crippen molar-refractivity contribution in [3.63, 3.8) is 0 Å². The highest BCUT2D eigenvalue weighted by atomic mass is 32.2. The van der Waals surface area contributed by atoms with Crippen molar-refractivity contribution in [2.24, 2.45) is 0 Å². The van der Waals surface area contributed by atoms with Gasteiger partial charge in [0, 0.05) is 17.0 Å². The first-order chi connectivity index (χ1) is 9.04. The molecule has 0 amide bonds. The second-order valence-electron chi connectivity index (χ2n) is 3.93. The van der Waals surface area contributed by atoms with Crippen molar-refractivity contribution in [2.75, 3.05) is 6.26 Å². The van der Waals surface area contributed by atoms with Gasteiger partial charge >= 0.3 is 0 Å². The third kappa shape index (κ3) is 2.77. The molecule has 1 N–H and O–H groups in total. The summed E-state index contributed by atoms with van der Waals surface area (Å²) in [5, 5.41) is 10.1. The maximum atomic E-state index is 13.6. The summed E-state index contributed by atoms with van der Waals surface area (Å²) < 4.78 is 40.1. The number of rotatable bonds is 3.